The van der Waals surface area contributed by atoms with E-state index >= 15 is 0 Å². The quantitative estimate of drug-likeness (QED) is 0.615. The number of aliphatic hydroxyl groups excluding tert-OH is 1. The van der Waals surface area contributed by atoms with Crippen LogP contribution in [0.3, 0.4) is 0 Å². The highest BCUT2D eigenvalue weighted by Crippen LogP contribution is 2.04. The molecule has 0 radical (unpaired) electrons. The standard InChI is InChI=1S/C15H24N2O2/c1-12(11-18)6-5-9-17-15(19)14(16)10-13-7-3-2-4-8-13/h2-4,7-8,12,14,18H,5-6,9-11,16H2,1H3,(H,17,19)/t12?,14-/m0/s1. The molecule has 1 unspecified atom stereocenters. The molecule has 0 aliphatic rings. The maximum atomic E-state index is 11.8. The Morgan fingerprint density at radius 2 is 2.05 bits per heavy atom. The van der Waals surface area contributed by atoms with Gasteiger partial charge in [-0.1, -0.05) is 37.3 Å². The lowest BCUT2D eigenvalue weighted by Crippen LogP contribution is -2.42. The minimum absolute atomic E-state index is 0.111. The van der Waals surface area contributed by atoms with Crippen molar-refractivity contribution in [3.05, 3.63) is 35.9 Å². The van der Waals surface area contributed by atoms with Gasteiger partial charge in [-0.2, -0.15) is 0 Å². The fourth-order valence-electron chi connectivity index (χ4n) is 1.85. The summed E-state index contributed by atoms with van der Waals surface area (Å²) in [5, 5.41) is 11.7. The summed E-state index contributed by atoms with van der Waals surface area (Å²) >= 11 is 0. The third-order valence-corrected chi connectivity index (χ3v) is 3.12. The number of carbonyl (C=O) groups excluding carboxylic acids is 1. The van der Waals surface area contributed by atoms with Gasteiger partial charge in [0.25, 0.3) is 0 Å². The summed E-state index contributed by atoms with van der Waals surface area (Å²) in [7, 11) is 0. The maximum Gasteiger partial charge on any atom is 0.237 e. The molecule has 0 saturated heterocycles. The average Bonchev–Trinajstić information content (AvgIpc) is 2.44. The Labute approximate surface area is 115 Å². The minimum Gasteiger partial charge on any atom is -0.396 e. The molecule has 4 N–H and O–H groups in total. The number of hydrogen-bond donors (Lipinski definition) is 3. The Hall–Kier alpha value is -1.39. The van der Waals surface area contributed by atoms with Crippen LogP contribution in [-0.2, 0) is 11.2 Å². The molecule has 2 atom stereocenters. The van der Waals surface area contributed by atoms with Crippen molar-refractivity contribution >= 4 is 5.91 Å². The normalized spacial score (nSPS) is 13.8. The number of amides is 1. The molecule has 0 spiro atoms. The van der Waals surface area contributed by atoms with Crippen molar-refractivity contribution < 1.29 is 9.90 Å². The molecule has 106 valence electrons. The van der Waals surface area contributed by atoms with Gasteiger partial charge in [0.2, 0.25) is 5.91 Å². The summed E-state index contributed by atoms with van der Waals surface area (Å²) in [6.45, 7) is 2.80. The molecule has 19 heavy (non-hydrogen) atoms. The van der Waals surface area contributed by atoms with Crippen LogP contribution >= 0.6 is 0 Å². The van der Waals surface area contributed by atoms with Gasteiger partial charge in [0, 0.05) is 13.2 Å². The van der Waals surface area contributed by atoms with Crippen molar-refractivity contribution in [3.8, 4) is 0 Å². The third-order valence-electron chi connectivity index (χ3n) is 3.12. The van der Waals surface area contributed by atoms with Gasteiger partial charge < -0.3 is 16.2 Å². The second-order valence-electron chi connectivity index (χ2n) is 5.02. The van der Waals surface area contributed by atoms with Crippen LogP contribution in [-0.4, -0.2) is 30.2 Å². The van der Waals surface area contributed by atoms with E-state index in [2.05, 4.69) is 5.32 Å². The van der Waals surface area contributed by atoms with Crippen molar-refractivity contribution in [1.29, 1.82) is 0 Å². The van der Waals surface area contributed by atoms with E-state index in [4.69, 9.17) is 10.8 Å². The number of nitrogens with two attached hydrogens (primary N) is 1. The molecule has 1 aromatic carbocycles. The van der Waals surface area contributed by atoms with Crippen LogP contribution in [0.1, 0.15) is 25.3 Å². The zero-order valence-electron chi connectivity index (χ0n) is 11.5. The molecular formula is C15H24N2O2. The monoisotopic (exact) mass is 264 g/mol. The van der Waals surface area contributed by atoms with Crippen LogP contribution in [0.25, 0.3) is 0 Å². The highest BCUT2D eigenvalue weighted by Gasteiger charge is 2.13. The maximum absolute atomic E-state index is 11.8. The van der Waals surface area contributed by atoms with E-state index in [0.29, 0.717) is 13.0 Å². The molecule has 0 aromatic heterocycles. The molecule has 0 bridgehead atoms. The summed E-state index contributed by atoms with van der Waals surface area (Å²) in [5.41, 5.74) is 6.93. The number of benzene rings is 1. The van der Waals surface area contributed by atoms with Crippen molar-refractivity contribution in [2.24, 2.45) is 11.7 Å². The fourth-order valence-corrected chi connectivity index (χ4v) is 1.85. The van der Waals surface area contributed by atoms with Gasteiger partial charge in [0.15, 0.2) is 0 Å². The molecule has 1 aromatic rings. The Kier molecular flexibility index (Phi) is 7.15. The fraction of sp³-hybridized carbons (Fsp3) is 0.533. The van der Waals surface area contributed by atoms with Crippen molar-refractivity contribution in [2.45, 2.75) is 32.2 Å². The first kappa shape index (κ1) is 15.7. The summed E-state index contributed by atoms with van der Waals surface area (Å²) < 4.78 is 0. The number of carbonyl (C=O) groups is 1. The van der Waals surface area contributed by atoms with Crippen molar-refractivity contribution in [1.82, 2.24) is 5.32 Å². The lowest BCUT2D eigenvalue weighted by molar-refractivity contribution is -0.122. The highest BCUT2D eigenvalue weighted by molar-refractivity contribution is 5.81. The van der Waals surface area contributed by atoms with Crippen LogP contribution < -0.4 is 11.1 Å². The predicted molar refractivity (Wildman–Crippen MR) is 76.6 cm³/mol. The van der Waals surface area contributed by atoms with Crippen LogP contribution in [0.15, 0.2) is 30.3 Å². The van der Waals surface area contributed by atoms with Gasteiger partial charge in [-0.05, 0) is 30.7 Å². The second-order valence-corrected chi connectivity index (χ2v) is 5.02. The minimum atomic E-state index is -0.502. The third kappa shape index (κ3) is 6.36. The predicted octanol–water partition coefficient (Wildman–Crippen LogP) is 1.08. The number of nitrogens with one attached hydrogen (secondary N) is 1. The number of aliphatic hydroxyl groups is 1. The van der Waals surface area contributed by atoms with Gasteiger partial charge in [0.1, 0.15) is 0 Å². The lowest BCUT2D eigenvalue weighted by atomic mass is 10.1. The average molecular weight is 264 g/mol. The van der Waals surface area contributed by atoms with Crippen LogP contribution in [0.4, 0.5) is 0 Å². The topological polar surface area (TPSA) is 75.3 Å². The highest BCUT2D eigenvalue weighted by atomic mass is 16.3. The summed E-state index contributed by atoms with van der Waals surface area (Å²) in [4.78, 5) is 11.8. The molecule has 4 heteroatoms. The first-order chi connectivity index (χ1) is 9.13. The zero-order chi connectivity index (χ0) is 14.1. The van der Waals surface area contributed by atoms with Crippen LogP contribution in [0.2, 0.25) is 0 Å². The van der Waals surface area contributed by atoms with E-state index in [0.717, 1.165) is 18.4 Å². The largest absolute Gasteiger partial charge is 0.396 e. The summed E-state index contributed by atoms with van der Waals surface area (Å²) in [5.74, 6) is 0.176. The van der Waals surface area contributed by atoms with Crippen molar-refractivity contribution in [3.63, 3.8) is 0 Å². The van der Waals surface area contributed by atoms with Crippen LogP contribution in [0.5, 0.6) is 0 Å². The zero-order valence-corrected chi connectivity index (χ0v) is 11.5. The van der Waals surface area contributed by atoms with E-state index < -0.39 is 6.04 Å². The van der Waals surface area contributed by atoms with Gasteiger partial charge in [-0.3, -0.25) is 4.79 Å². The first-order valence-corrected chi connectivity index (χ1v) is 6.81. The second kappa shape index (κ2) is 8.67. The number of rotatable bonds is 8. The Bertz CT molecular complexity index is 368. The van der Waals surface area contributed by atoms with E-state index in [-0.39, 0.29) is 18.4 Å². The van der Waals surface area contributed by atoms with Gasteiger partial charge in [0.05, 0.1) is 6.04 Å². The molecule has 0 aliphatic heterocycles. The van der Waals surface area contributed by atoms with E-state index in [9.17, 15) is 4.79 Å². The first-order valence-electron chi connectivity index (χ1n) is 6.81. The van der Waals surface area contributed by atoms with Gasteiger partial charge in [-0.15, -0.1) is 0 Å². The summed E-state index contributed by atoms with van der Waals surface area (Å²) in [6, 6.07) is 9.26. The molecule has 0 fully saturated rings. The lowest BCUT2D eigenvalue weighted by Gasteiger charge is -2.13. The summed E-state index contributed by atoms with van der Waals surface area (Å²) in [6.07, 6.45) is 2.33. The smallest absolute Gasteiger partial charge is 0.237 e. The van der Waals surface area contributed by atoms with Gasteiger partial charge in [-0.25, -0.2) is 0 Å². The van der Waals surface area contributed by atoms with E-state index in [1.807, 2.05) is 37.3 Å². The van der Waals surface area contributed by atoms with Crippen LogP contribution in [0, 0.1) is 5.92 Å². The molecule has 0 aliphatic carbocycles. The SMILES string of the molecule is CC(CO)CCCNC(=O)[C@@H](N)Cc1ccccc1. The Morgan fingerprint density at radius 3 is 2.68 bits per heavy atom. The molecular weight excluding hydrogens is 240 g/mol. The molecule has 1 rings (SSSR count). The van der Waals surface area contributed by atoms with Crippen molar-refractivity contribution in [2.75, 3.05) is 13.2 Å². The van der Waals surface area contributed by atoms with E-state index in [1.54, 1.807) is 0 Å². The van der Waals surface area contributed by atoms with Gasteiger partial charge >= 0.3 is 0 Å². The molecule has 0 heterocycles. The van der Waals surface area contributed by atoms with E-state index in [1.165, 1.54) is 0 Å². The Balaban J connectivity index is 2.22. The Morgan fingerprint density at radius 1 is 1.37 bits per heavy atom. The molecule has 0 saturated carbocycles. The molecule has 1 amide bonds. The number of hydrogen-bond acceptors (Lipinski definition) is 3. The molecule has 4 nitrogen and oxygen atoms in total.